The number of allylic oxidation sites excluding steroid dienone is 1. The number of unbranched alkanes of at least 4 members (excludes halogenated alkanes) is 4. The molecule has 1 aromatic carbocycles. The normalized spacial score (nSPS) is 12.3. The van der Waals surface area contributed by atoms with Gasteiger partial charge >= 0.3 is 0 Å². The van der Waals surface area contributed by atoms with E-state index in [1.165, 1.54) is 25.7 Å². The Kier molecular flexibility index (Phi) is 9.39. The summed E-state index contributed by atoms with van der Waals surface area (Å²) >= 11 is 0. The largest absolute Gasteiger partial charge is 0.490 e. The van der Waals surface area contributed by atoms with Crippen LogP contribution in [-0.2, 0) is 0 Å². The van der Waals surface area contributed by atoms with Crippen molar-refractivity contribution in [2.75, 3.05) is 6.61 Å². The summed E-state index contributed by atoms with van der Waals surface area (Å²) in [6.45, 7) is 7.24. The van der Waals surface area contributed by atoms with Gasteiger partial charge in [-0.3, -0.25) is 0 Å². The average molecular weight is 369 g/mol. The number of rotatable bonds is 12. The van der Waals surface area contributed by atoms with Crippen LogP contribution in [-0.4, -0.2) is 16.6 Å². The molecule has 0 bridgehead atoms. The van der Waals surface area contributed by atoms with Crippen LogP contribution in [0.1, 0.15) is 59.3 Å². The van der Waals surface area contributed by atoms with Gasteiger partial charge in [-0.15, -0.1) is 0 Å². The van der Waals surface area contributed by atoms with Crippen LogP contribution in [0.4, 0.5) is 0 Å². The molecule has 0 aliphatic rings. The number of hydrogen-bond acceptors (Lipinski definition) is 4. The van der Waals surface area contributed by atoms with E-state index in [-0.39, 0.29) is 0 Å². The van der Waals surface area contributed by atoms with E-state index in [0.717, 1.165) is 24.2 Å². The van der Waals surface area contributed by atoms with Crippen molar-refractivity contribution in [3.8, 4) is 22.9 Å². The predicted octanol–water partition coefficient (Wildman–Crippen LogP) is 6.43. The van der Waals surface area contributed by atoms with Crippen molar-refractivity contribution in [2.24, 2.45) is 5.92 Å². The molecule has 0 aliphatic heterocycles. The predicted molar refractivity (Wildman–Crippen MR) is 111 cm³/mol. The summed E-state index contributed by atoms with van der Waals surface area (Å²) in [6, 6.07) is 7.82. The van der Waals surface area contributed by atoms with Gasteiger partial charge in [-0.2, -0.15) is 0 Å². The van der Waals surface area contributed by atoms with Crippen molar-refractivity contribution in [1.82, 2.24) is 9.97 Å². The molecule has 0 radical (unpaired) electrons. The number of nitrogens with zero attached hydrogens (tertiary/aromatic N) is 2. The zero-order valence-electron chi connectivity index (χ0n) is 16.9. The van der Waals surface area contributed by atoms with Crippen LogP contribution < -0.4 is 9.47 Å². The lowest BCUT2D eigenvalue weighted by atomic mass is 10.1. The Morgan fingerprint density at radius 1 is 0.963 bits per heavy atom. The Bertz CT molecular complexity index is 666. The highest BCUT2D eigenvalue weighted by Gasteiger charge is 2.04. The minimum Gasteiger partial charge on any atom is -0.490 e. The summed E-state index contributed by atoms with van der Waals surface area (Å²) in [5.74, 6) is 2.74. The SMILES string of the molecule is CCCCCCC=COc1ccc(-c2ncc(OCC(C)CC)cn2)cc1. The lowest BCUT2D eigenvalue weighted by Crippen LogP contribution is -2.07. The van der Waals surface area contributed by atoms with Crippen LogP contribution in [0, 0.1) is 5.92 Å². The van der Waals surface area contributed by atoms with Crippen LogP contribution in [0.5, 0.6) is 11.5 Å². The topological polar surface area (TPSA) is 44.2 Å². The Balaban J connectivity index is 1.81. The van der Waals surface area contributed by atoms with Crippen LogP contribution in [0.25, 0.3) is 11.4 Å². The van der Waals surface area contributed by atoms with Crippen molar-refractivity contribution in [2.45, 2.75) is 59.3 Å². The monoisotopic (exact) mass is 368 g/mol. The maximum Gasteiger partial charge on any atom is 0.159 e. The zero-order chi connectivity index (χ0) is 19.3. The van der Waals surface area contributed by atoms with Crippen LogP contribution in [0.2, 0.25) is 0 Å². The molecule has 0 amide bonds. The molecule has 1 heterocycles. The van der Waals surface area contributed by atoms with Crippen molar-refractivity contribution in [3.63, 3.8) is 0 Å². The van der Waals surface area contributed by atoms with Gasteiger partial charge in [-0.25, -0.2) is 9.97 Å². The molecule has 2 aromatic rings. The maximum absolute atomic E-state index is 5.70. The fourth-order valence-electron chi connectivity index (χ4n) is 2.46. The Hall–Kier alpha value is -2.36. The van der Waals surface area contributed by atoms with Gasteiger partial charge in [-0.05, 0) is 49.1 Å². The maximum atomic E-state index is 5.70. The van der Waals surface area contributed by atoms with E-state index in [9.17, 15) is 0 Å². The Labute approximate surface area is 163 Å². The Morgan fingerprint density at radius 2 is 1.70 bits per heavy atom. The molecule has 0 fully saturated rings. The molecule has 4 heteroatoms. The van der Waals surface area contributed by atoms with Crippen LogP contribution in [0.15, 0.2) is 49.0 Å². The third kappa shape index (κ3) is 7.81. The lowest BCUT2D eigenvalue weighted by Gasteiger charge is -2.10. The molecule has 0 saturated carbocycles. The van der Waals surface area contributed by atoms with E-state index in [1.807, 2.05) is 24.3 Å². The molecule has 1 aromatic heterocycles. The second-order valence-corrected chi connectivity index (χ2v) is 6.93. The Morgan fingerprint density at radius 3 is 2.37 bits per heavy atom. The summed E-state index contributed by atoms with van der Waals surface area (Å²) in [4.78, 5) is 8.80. The first-order valence-electron chi connectivity index (χ1n) is 10.1. The first-order chi connectivity index (χ1) is 13.2. The van der Waals surface area contributed by atoms with Crippen molar-refractivity contribution >= 4 is 0 Å². The smallest absolute Gasteiger partial charge is 0.159 e. The highest BCUT2D eigenvalue weighted by Crippen LogP contribution is 2.21. The van der Waals surface area contributed by atoms with Gasteiger partial charge in [0, 0.05) is 5.56 Å². The van der Waals surface area contributed by atoms with Gasteiger partial charge < -0.3 is 9.47 Å². The molecule has 0 aliphatic carbocycles. The van der Waals surface area contributed by atoms with E-state index < -0.39 is 0 Å². The van der Waals surface area contributed by atoms with Crippen molar-refractivity contribution in [3.05, 3.63) is 49.0 Å². The van der Waals surface area contributed by atoms with E-state index in [4.69, 9.17) is 9.47 Å². The number of hydrogen-bond donors (Lipinski definition) is 0. The fourth-order valence-corrected chi connectivity index (χ4v) is 2.46. The van der Waals surface area contributed by atoms with Gasteiger partial charge in [0.2, 0.25) is 0 Å². The molecule has 4 nitrogen and oxygen atoms in total. The molecular formula is C23H32N2O2. The van der Waals surface area contributed by atoms with Gasteiger partial charge in [0.05, 0.1) is 25.3 Å². The first-order valence-corrected chi connectivity index (χ1v) is 10.1. The average Bonchev–Trinajstić information content (AvgIpc) is 2.72. The van der Waals surface area contributed by atoms with Gasteiger partial charge in [0.25, 0.3) is 0 Å². The number of benzene rings is 1. The van der Waals surface area contributed by atoms with Crippen molar-refractivity contribution < 1.29 is 9.47 Å². The second-order valence-electron chi connectivity index (χ2n) is 6.93. The zero-order valence-corrected chi connectivity index (χ0v) is 16.9. The van der Waals surface area contributed by atoms with Gasteiger partial charge in [-0.1, -0.05) is 46.5 Å². The summed E-state index contributed by atoms with van der Waals surface area (Å²) in [5.41, 5.74) is 0.958. The van der Waals surface area contributed by atoms with Crippen LogP contribution >= 0.6 is 0 Å². The van der Waals surface area contributed by atoms with Gasteiger partial charge in [0.1, 0.15) is 5.75 Å². The summed E-state index contributed by atoms with van der Waals surface area (Å²) < 4.78 is 11.3. The van der Waals surface area contributed by atoms with E-state index in [2.05, 4.69) is 36.8 Å². The summed E-state index contributed by atoms with van der Waals surface area (Å²) in [7, 11) is 0. The highest BCUT2D eigenvalue weighted by molar-refractivity contribution is 5.56. The lowest BCUT2D eigenvalue weighted by molar-refractivity contribution is 0.255. The highest BCUT2D eigenvalue weighted by atomic mass is 16.5. The molecule has 2 rings (SSSR count). The minimum atomic E-state index is 0.530. The second kappa shape index (κ2) is 12.1. The summed E-state index contributed by atoms with van der Waals surface area (Å²) in [6.07, 6.45) is 14.6. The molecular weight excluding hydrogens is 336 g/mol. The van der Waals surface area contributed by atoms with Crippen LogP contribution in [0.3, 0.4) is 0 Å². The van der Waals surface area contributed by atoms with E-state index in [1.54, 1.807) is 18.7 Å². The molecule has 146 valence electrons. The molecule has 0 N–H and O–H groups in total. The number of ether oxygens (including phenoxy) is 2. The molecule has 0 saturated heterocycles. The standard InChI is InChI=1S/C23H32N2O2/c1-4-6-7-8-9-10-15-26-21-13-11-20(12-14-21)23-24-16-22(17-25-23)27-18-19(3)5-2/h10-17,19H,4-9,18H2,1-3H3. The molecule has 1 atom stereocenters. The van der Waals surface area contributed by atoms with E-state index in [0.29, 0.717) is 24.1 Å². The summed E-state index contributed by atoms with van der Waals surface area (Å²) in [5, 5.41) is 0. The molecule has 27 heavy (non-hydrogen) atoms. The minimum absolute atomic E-state index is 0.530. The molecule has 1 unspecified atom stereocenters. The molecule has 0 spiro atoms. The third-order valence-corrected chi connectivity index (χ3v) is 4.50. The van der Waals surface area contributed by atoms with Crippen molar-refractivity contribution in [1.29, 1.82) is 0 Å². The fraction of sp³-hybridized carbons (Fsp3) is 0.478. The quantitative estimate of drug-likeness (QED) is 0.320. The van der Waals surface area contributed by atoms with E-state index >= 15 is 0 Å². The first kappa shape index (κ1) is 20.9. The third-order valence-electron chi connectivity index (χ3n) is 4.50. The number of aromatic nitrogens is 2. The van der Waals surface area contributed by atoms with Gasteiger partial charge in [0.15, 0.2) is 11.6 Å².